The van der Waals surface area contributed by atoms with Gasteiger partial charge >= 0.3 is 0 Å². The molecule has 1 heterocycles. The van der Waals surface area contributed by atoms with Crippen LogP contribution < -0.4 is 10.6 Å². The summed E-state index contributed by atoms with van der Waals surface area (Å²) in [5.74, 6) is 0.935. The van der Waals surface area contributed by atoms with Gasteiger partial charge in [-0.25, -0.2) is 4.98 Å². The van der Waals surface area contributed by atoms with Crippen molar-refractivity contribution in [1.29, 1.82) is 0 Å². The predicted octanol–water partition coefficient (Wildman–Crippen LogP) is 4.70. The Kier molecular flexibility index (Phi) is 5.02. The molecule has 0 fully saturated rings. The van der Waals surface area contributed by atoms with Gasteiger partial charge in [-0.1, -0.05) is 6.07 Å². The fourth-order valence-corrected chi connectivity index (χ4v) is 3.27. The van der Waals surface area contributed by atoms with Gasteiger partial charge in [0.15, 0.2) is 10.9 Å². The fraction of sp³-hybridized carbons (Fsp3) is 0.286. The highest BCUT2D eigenvalue weighted by molar-refractivity contribution is 7.80. The summed E-state index contributed by atoms with van der Waals surface area (Å²) in [6.45, 7) is 9.93. The number of aromatic nitrogens is 2. The van der Waals surface area contributed by atoms with Crippen LogP contribution in [0.3, 0.4) is 0 Å². The molecule has 6 heteroatoms. The lowest BCUT2D eigenvalue weighted by Gasteiger charge is -2.22. The Morgan fingerprint density at radius 3 is 2.30 bits per heavy atom. The Morgan fingerprint density at radius 2 is 1.67 bits per heavy atom. The smallest absolute Gasteiger partial charge is 0.172 e. The van der Waals surface area contributed by atoms with Crippen molar-refractivity contribution in [3.63, 3.8) is 0 Å². The number of hydrogen-bond acceptors (Lipinski definition) is 4. The summed E-state index contributed by atoms with van der Waals surface area (Å²) < 4.78 is 0. The molecule has 140 valence electrons. The van der Waals surface area contributed by atoms with E-state index < -0.39 is 0 Å². The molecule has 5 nitrogen and oxygen atoms in total. The van der Waals surface area contributed by atoms with Crippen molar-refractivity contribution in [2.45, 2.75) is 40.2 Å². The van der Waals surface area contributed by atoms with Crippen molar-refractivity contribution < 1.29 is 5.11 Å². The highest BCUT2D eigenvalue weighted by Gasteiger charge is 2.12. The van der Waals surface area contributed by atoms with E-state index in [1.807, 2.05) is 65.0 Å². The van der Waals surface area contributed by atoms with Gasteiger partial charge in [-0.05, 0) is 93.4 Å². The number of phenolic OH excluding ortho intramolecular Hbond substituents is 1. The van der Waals surface area contributed by atoms with E-state index in [1.54, 1.807) is 6.20 Å². The summed E-state index contributed by atoms with van der Waals surface area (Å²) in [7, 11) is 0. The Labute approximate surface area is 164 Å². The van der Waals surface area contributed by atoms with Crippen molar-refractivity contribution in [3.8, 4) is 16.9 Å². The first-order valence-corrected chi connectivity index (χ1v) is 9.20. The van der Waals surface area contributed by atoms with Crippen LogP contribution in [0.1, 0.15) is 31.9 Å². The first-order chi connectivity index (χ1) is 12.6. The number of rotatable bonds is 2. The molecule has 3 N–H and O–H groups in total. The quantitative estimate of drug-likeness (QED) is 0.560. The average molecular weight is 381 g/mol. The number of aryl methyl sites for hydroxylation is 2. The van der Waals surface area contributed by atoms with E-state index in [0.717, 1.165) is 33.3 Å². The van der Waals surface area contributed by atoms with E-state index in [0.29, 0.717) is 16.7 Å². The number of phenols is 1. The first-order valence-electron chi connectivity index (χ1n) is 8.79. The van der Waals surface area contributed by atoms with Crippen molar-refractivity contribution in [2.75, 3.05) is 5.32 Å². The van der Waals surface area contributed by atoms with Crippen molar-refractivity contribution >= 4 is 34.2 Å². The van der Waals surface area contributed by atoms with Crippen LogP contribution in [0.15, 0.2) is 36.5 Å². The van der Waals surface area contributed by atoms with E-state index in [9.17, 15) is 5.11 Å². The zero-order valence-electron chi connectivity index (χ0n) is 16.2. The SMILES string of the molecule is Cc1cc(-c2ccc3ncc(NC(=S)NC(C)(C)C)nc3c2)cc(C)c1O. The van der Waals surface area contributed by atoms with Gasteiger partial charge in [0.2, 0.25) is 0 Å². The molecule has 0 spiro atoms. The second-order valence-electron chi connectivity index (χ2n) is 7.75. The number of thiocarbonyl (C=S) groups is 1. The molecule has 0 saturated heterocycles. The molecule has 27 heavy (non-hydrogen) atoms. The van der Waals surface area contributed by atoms with Gasteiger partial charge in [0.1, 0.15) is 5.75 Å². The molecule has 0 aliphatic rings. The molecule has 2 aromatic carbocycles. The van der Waals surface area contributed by atoms with E-state index in [1.165, 1.54) is 0 Å². The van der Waals surface area contributed by atoms with Crippen LogP contribution in [0, 0.1) is 13.8 Å². The molecule has 0 amide bonds. The molecule has 0 atom stereocenters. The van der Waals surface area contributed by atoms with Gasteiger partial charge in [0.25, 0.3) is 0 Å². The Bertz CT molecular complexity index is 1000. The highest BCUT2D eigenvalue weighted by atomic mass is 32.1. The van der Waals surface area contributed by atoms with E-state index in [4.69, 9.17) is 12.2 Å². The van der Waals surface area contributed by atoms with Crippen LogP contribution in [0.25, 0.3) is 22.2 Å². The second kappa shape index (κ2) is 7.12. The summed E-state index contributed by atoms with van der Waals surface area (Å²) in [4.78, 5) is 9.11. The summed E-state index contributed by atoms with van der Waals surface area (Å²) >= 11 is 5.34. The molecule has 0 bridgehead atoms. The fourth-order valence-electron chi connectivity index (χ4n) is 2.86. The first kappa shape index (κ1) is 19.0. The largest absolute Gasteiger partial charge is 0.507 e. The minimum Gasteiger partial charge on any atom is -0.507 e. The normalized spacial score (nSPS) is 11.4. The topological polar surface area (TPSA) is 70.1 Å². The van der Waals surface area contributed by atoms with Gasteiger partial charge in [0.05, 0.1) is 17.2 Å². The minimum atomic E-state index is -0.129. The van der Waals surface area contributed by atoms with E-state index >= 15 is 0 Å². The molecule has 1 aromatic heterocycles. The van der Waals surface area contributed by atoms with Gasteiger partial charge in [-0.3, -0.25) is 4.98 Å². The van der Waals surface area contributed by atoms with Crippen LogP contribution in [0.4, 0.5) is 5.82 Å². The number of nitrogens with zero attached hydrogens (tertiary/aromatic N) is 2. The lowest BCUT2D eigenvalue weighted by Crippen LogP contribution is -2.43. The second-order valence-corrected chi connectivity index (χ2v) is 8.15. The Hall–Kier alpha value is -2.73. The third kappa shape index (κ3) is 4.52. The van der Waals surface area contributed by atoms with Gasteiger partial charge < -0.3 is 15.7 Å². The standard InChI is InChI=1S/C21H24N4OS/c1-12-8-15(9-13(2)19(12)26)14-6-7-16-17(10-14)23-18(11-22-16)24-20(27)25-21(3,4)5/h6-11,26H,1-5H3,(H2,23,24,25,27). The van der Waals surface area contributed by atoms with Crippen molar-refractivity contribution in [1.82, 2.24) is 15.3 Å². The molecule has 0 aliphatic heterocycles. The van der Waals surface area contributed by atoms with Crippen LogP contribution in [-0.2, 0) is 0 Å². The zero-order chi connectivity index (χ0) is 19.8. The average Bonchev–Trinajstić information content (AvgIpc) is 2.56. The molecule has 0 saturated carbocycles. The Morgan fingerprint density at radius 1 is 1.00 bits per heavy atom. The number of fused-ring (bicyclic) bond motifs is 1. The van der Waals surface area contributed by atoms with Gasteiger partial charge in [-0.15, -0.1) is 0 Å². The molecule has 0 radical (unpaired) electrons. The van der Waals surface area contributed by atoms with Gasteiger partial charge in [0, 0.05) is 5.54 Å². The number of aromatic hydroxyl groups is 1. The molecule has 3 rings (SSSR count). The monoisotopic (exact) mass is 380 g/mol. The van der Waals surface area contributed by atoms with Crippen LogP contribution in [0.2, 0.25) is 0 Å². The summed E-state index contributed by atoms with van der Waals surface area (Å²) in [5.41, 5.74) is 5.22. The Balaban J connectivity index is 1.94. The zero-order valence-corrected chi connectivity index (χ0v) is 17.0. The maximum absolute atomic E-state index is 10.0. The van der Waals surface area contributed by atoms with Crippen molar-refractivity contribution in [2.24, 2.45) is 0 Å². The van der Waals surface area contributed by atoms with Crippen LogP contribution in [0.5, 0.6) is 5.75 Å². The molecule has 3 aromatic rings. The molecule has 0 unspecified atom stereocenters. The van der Waals surface area contributed by atoms with Crippen LogP contribution in [-0.4, -0.2) is 25.7 Å². The van der Waals surface area contributed by atoms with E-state index in [2.05, 4.69) is 20.6 Å². The summed E-state index contributed by atoms with van der Waals surface area (Å²) in [6, 6.07) is 9.91. The predicted molar refractivity (Wildman–Crippen MR) is 115 cm³/mol. The van der Waals surface area contributed by atoms with Gasteiger partial charge in [-0.2, -0.15) is 0 Å². The highest BCUT2D eigenvalue weighted by Crippen LogP contribution is 2.30. The lowest BCUT2D eigenvalue weighted by atomic mass is 9.99. The third-order valence-corrected chi connectivity index (χ3v) is 4.30. The molecular formula is C21H24N4OS. The minimum absolute atomic E-state index is 0.129. The summed E-state index contributed by atoms with van der Waals surface area (Å²) in [6.07, 6.45) is 1.67. The molecule has 0 aliphatic carbocycles. The third-order valence-electron chi connectivity index (χ3n) is 4.10. The number of hydrogen-bond donors (Lipinski definition) is 3. The maximum Gasteiger partial charge on any atom is 0.172 e. The lowest BCUT2D eigenvalue weighted by molar-refractivity contribution is 0.467. The summed E-state index contributed by atoms with van der Waals surface area (Å²) in [5, 5.41) is 16.8. The number of nitrogens with one attached hydrogen (secondary N) is 2. The van der Waals surface area contributed by atoms with Crippen LogP contribution >= 0.6 is 12.2 Å². The number of benzene rings is 2. The molecular weight excluding hydrogens is 356 g/mol. The number of anilines is 1. The van der Waals surface area contributed by atoms with E-state index in [-0.39, 0.29) is 5.54 Å². The maximum atomic E-state index is 10.0. The van der Waals surface area contributed by atoms with Crippen molar-refractivity contribution in [3.05, 3.63) is 47.7 Å².